The SMILES string of the molecule is CCOCCCC(N)Cc1ccc(Cl)cc1Cl. The molecule has 4 heteroatoms. The lowest BCUT2D eigenvalue weighted by atomic mass is 10.0. The topological polar surface area (TPSA) is 35.2 Å². The van der Waals surface area contributed by atoms with Gasteiger partial charge in [0, 0.05) is 29.3 Å². The van der Waals surface area contributed by atoms with Gasteiger partial charge in [-0.25, -0.2) is 0 Å². The lowest BCUT2D eigenvalue weighted by molar-refractivity contribution is 0.142. The van der Waals surface area contributed by atoms with Crippen molar-refractivity contribution in [2.45, 2.75) is 32.2 Å². The fourth-order valence-electron chi connectivity index (χ4n) is 1.66. The highest BCUT2D eigenvalue weighted by Gasteiger charge is 2.07. The van der Waals surface area contributed by atoms with Gasteiger partial charge in [-0.05, 0) is 43.9 Å². The van der Waals surface area contributed by atoms with E-state index >= 15 is 0 Å². The van der Waals surface area contributed by atoms with Crippen molar-refractivity contribution in [3.63, 3.8) is 0 Å². The summed E-state index contributed by atoms with van der Waals surface area (Å²) in [6.45, 7) is 3.53. The van der Waals surface area contributed by atoms with Crippen molar-refractivity contribution in [2.75, 3.05) is 13.2 Å². The highest BCUT2D eigenvalue weighted by molar-refractivity contribution is 6.35. The molecule has 0 saturated heterocycles. The third-order valence-electron chi connectivity index (χ3n) is 2.56. The van der Waals surface area contributed by atoms with Crippen LogP contribution < -0.4 is 5.73 Å². The van der Waals surface area contributed by atoms with Crippen LogP contribution in [0, 0.1) is 0 Å². The van der Waals surface area contributed by atoms with Crippen LogP contribution in [0.3, 0.4) is 0 Å². The number of halogens is 2. The van der Waals surface area contributed by atoms with Crippen molar-refractivity contribution in [1.82, 2.24) is 0 Å². The third kappa shape index (κ3) is 5.73. The van der Waals surface area contributed by atoms with Crippen molar-refractivity contribution in [3.05, 3.63) is 33.8 Å². The van der Waals surface area contributed by atoms with Crippen LogP contribution in [0.15, 0.2) is 18.2 Å². The second-order valence-electron chi connectivity index (χ2n) is 4.04. The average molecular weight is 276 g/mol. The van der Waals surface area contributed by atoms with E-state index in [0.717, 1.165) is 38.0 Å². The molecule has 0 radical (unpaired) electrons. The Bertz CT molecular complexity index is 344. The lowest BCUT2D eigenvalue weighted by Crippen LogP contribution is -2.23. The van der Waals surface area contributed by atoms with Crippen molar-refractivity contribution in [1.29, 1.82) is 0 Å². The molecule has 0 aromatic heterocycles. The van der Waals surface area contributed by atoms with Crippen LogP contribution in [0.2, 0.25) is 10.0 Å². The normalized spacial score (nSPS) is 12.7. The minimum Gasteiger partial charge on any atom is -0.382 e. The molecule has 0 amide bonds. The van der Waals surface area contributed by atoms with Crippen LogP contribution in [-0.4, -0.2) is 19.3 Å². The molecule has 1 unspecified atom stereocenters. The lowest BCUT2D eigenvalue weighted by Gasteiger charge is -2.12. The molecular formula is C13H19Cl2NO. The summed E-state index contributed by atoms with van der Waals surface area (Å²) in [6.07, 6.45) is 2.71. The van der Waals surface area contributed by atoms with Crippen LogP contribution >= 0.6 is 23.2 Å². The summed E-state index contributed by atoms with van der Waals surface area (Å²) in [7, 11) is 0. The van der Waals surface area contributed by atoms with E-state index in [9.17, 15) is 0 Å². The second kappa shape index (κ2) is 7.93. The Morgan fingerprint density at radius 3 is 2.76 bits per heavy atom. The zero-order valence-corrected chi connectivity index (χ0v) is 11.6. The summed E-state index contributed by atoms with van der Waals surface area (Å²) in [6, 6.07) is 5.66. The number of hydrogen-bond acceptors (Lipinski definition) is 2. The van der Waals surface area contributed by atoms with Gasteiger partial charge in [0.1, 0.15) is 0 Å². The quantitative estimate of drug-likeness (QED) is 0.771. The van der Waals surface area contributed by atoms with Crippen molar-refractivity contribution >= 4 is 23.2 Å². The standard InChI is InChI=1S/C13H19Cl2NO/c1-2-17-7-3-4-12(16)8-10-5-6-11(14)9-13(10)15/h5-6,9,12H,2-4,7-8,16H2,1H3. The molecule has 1 rings (SSSR count). The first-order chi connectivity index (χ1) is 8.13. The number of rotatable bonds is 7. The molecule has 0 fully saturated rings. The largest absolute Gasteiger partial charge is 0.382 e. The predicted octanol–water partition coefficient (Wildman–Crippen LogP) is 3.68. The number of benzene rings is 1. The van der Waals surface area contributed by atoms with Gasteiger partial charge in [0.25, 0.3) is 0 Å². The van der Waals surface area contributed by atoms with Gasteiger partial charge in [0.05, 0.1) is 0 Å². The molecule has 2 nitrogen and oxygen atoms in total. The monoisotopic (exact) mass is 275 g/mol. The van der Waals surface area contributed by atoms with Gasteiger partial charge in [-0.2, -0.15) is 0 Å². The van der Waals surface area contributed by atoms with Gasteiger partial charge < -0.3 is 10.5 Å². The Morgan fingerprint density at radius 1 is 1.35 bits per heavy atom. The summed E-state index contributed by atoms with van der Waals surface area (Å²) in [5.74, 6) is 0. The summed E-state index contributed by atoms with van der Waals surface area (Å²) in [4.78, 5) is 0. The Balaban J connectivity index is 2.37. The Morgan fingerprint density at radius 2 is 2.12 bits per heavy atom. The molecule has 0 aliphatic rings. The van der Waals surface area contributed by atoms with Crippen LogP contribution in [0.1, 0.15) is 25.3 Å². The Kier molecular flexibility index (Phi) is 6.90. The fourth-order valence-corrected chi connectivity index (χ4v) is 2.15. The molecule has 0 heterocycles. The number of nitrogens with two attached hydrogens (primary N) is 1. The molecule has 0 spiro atoms. The van der Waals surface area contributed by atoms with E-state index in [4.69, 9.17) is 33.7 Å². The van der Waals surface area contributed by atoms with E-state index in [-0.39, 0.29) is 6.04 Å². The zero-order chi connectivity index (χ0) is 12.7. The van der Waals surface area contributed by atoms with Gasteiger partial charge >= 0.3 is 0 Å². The first-order valence-corrected chi connectivity index (χ1v) is 6.66. The maximum atomic E-state index is 6.09. The fraction of sp³-hybridized carbons (Fsp3) is 0.538. The Labute approximate surface area is 113 Å². The highest BCUT2D eigenvalue weighted by atomic mass is 35.5. The van der Waals surface area contributed by atoms with E-state index in [1.807, 2.05) is 19.1 Å². The molecule has 2 N–H and O–H groups in total. The first kappa shape index (κ1) is 14.8. The highest BCUT2D eigenvalue weighted by Crippen LogP contribution is 2.22. The van der Waals surface area contributed by atoms with E-state index in [1.165, 1.54) is 0 Å². The summed E-state index contributed by atoms with van der Waals surface area (Å²) >= 11 is 11.9. The average Bonchev–Trinajstić information content (AvgIpc) is 2.28. The van der Waals surface area contributed by atoms with Gasteiger partial charge in [-0.1, -0.05) is 29.3 Å². The minimum atomic E-state index is 0.120. The summed E-state index contributed by atoms with van der Waals surface area (Å²) in [5, 5.41) is 1.35. The van der Waals surface area contributed by atoms with E-state index in [2.05, 4.69) is 0 Å². The van der Waals surface area contributed by atoms with E-state index in [1.54, 1.807) is 6.07 Å². The van der Waals surface area contributed by atoms with E-state index in [0.29, 0.717) is 10.0 Å². The smallest absolute Gasteiger partial charge is 0.0466 e. The van der Waals surface area contributed by atoms with Gasteiger partial charge in [-0.15, -0.1) is 0 Å². The van der Waals surface area contributed by atoms with Crippen molar-refractivity contribution in [2.24, 2.45) is 5.73 Å². The maximum Gasteiger partial charge on any atom is 0.0466 e. The first-order valence-electron chi connectivity index (χ1n) is 5.90. The predicted molar refractivity (Wildman–Crippen MR) is 73.9 cm³/mol. The van der Waals surface area contributed by atoms with E-state index < -0.39 is 0 Å². The molecule has 0 bridgehead atoms. The maximum absolute atomic E-state index is 6.09. The van der Waals surface area contributed by atoms with Crippen LogP contribution in [0.25, 0.3) is 0 Å². The van der Waals surface area contributed by atoms with Gasteiger partial charge in [-0.3, -0.25) is 0 Å². The van der Waals surface area contributed by atoms with Gasteiger partial charge in [0.2, 0.25) is 0 Å². The minimum absolute atomic E-state index is 0.120. The zero-order valence-electron chi connectivity index (χ0n) is 10.1. The molecule has 0 aliphatic heterocycles. The molecule has 1 atom stereocenters. The molecule has 96 valence electrons. The molecule has 1 aromatic carbocycles. The molecular weight excluding hydrogens is 257 g/mol. The van der Waals surface area contributed by atoms with Crippen LogP contribution in [0.4, 0.5) is 0 Å². The second-order valence-corrected chi connectivity index (χ2v) is 4.88. The molecule has 0 aliphatic carbocycles. The Hall–Kier alpha value is -0.280. The van der Waals surface area contributed by atoms with Gasteiger partial charge in [0.15, 0.2) is 0 Å². The van der Waals surface area contributed by atoms with Crippen LogP contribution in [-0.2, 0) is 11.2 Å². The third-order valence-corrected chi connectivity index (χ3v) is 3.15. The number of ether oxygens (including phenoxy) is 1. The summed E-state index contributed by atoms with van der Waals surface area (Å²) in [5.41, 5.74) is 7.10. The van der Waals surface area contributed by atoms with Crippen molar-refractivity contribution < 1.29 is 4.74 Å². The van der Waals surface area contributed by atoms with Crippen molar-refractivity contribution in [3.8, 4) is 0 Å². The molecule has 17 heavy (non-hydrogen) atoms. The molecule has 0 saturated carbocycles. The number of hydrogen-bond donors (Lipinski definition) is 1. The molecule has 1 aromatic rings. The van der Waals surface area contributed by atoms with Crippen LogP contribution in [0.5, 0.6) is 0 Å². The summed E-state index contributed by atoms with van der Waals surface area (Å²) < 4.78 is 5.27.